The van der Waals surface area contributed by atoms with Crippen molar-refractivity contribution in [1.29, 1.82) is 0 Å². The summed E-state index contributed by atoms with van der Waals surface area (Å²) in [6.07, 6.45) is 2.53. The molecule has 1 aromatic rings. The molecule has 18 heavy (non-hydrogen) atoms. The lowest BCUT2D eigenvalue weighted by Crippen LogP contribution is -2.31. The van der Waals surface area contributed by atoms with Crippen LogP contribution in [0.4, 0.5) is 0 Å². The summed E-state index contributed by atoms with van der Waals surface area (Å²) in [5, 5.41) is 3.20. The Morgan fingerprint density at radius 1 is 1.56 bits per heavy atom. The summed E-state index contributed by atoms with van der Waals surface area (Å²) >= 11 is 0. The standard InChI is InChI=1S/C14H22N2O2/c1-10-7-13(11(2)16(10)3)14(17)9-15-8-12-5-4-6-18-12/h7,12,15H,4-6,8-9H2,1-3H3. The SMILES string of the molecule is Cc1cc(C(=O)CNCC2CCCO2)c(C)n1C. The van der Waals surface area contributed by atoms with Gasteiger partial charge in [0.2, 0.25) is 0 Å². The third-order valence-electron chi connectivity index (χ3n) is 3.76. The Morgan fingerprint density at radius 2 is 2.33 bits per heavy atom. The minimum atomic E-state index is 0.161. The molecule has 4 heteroatoms. The van der Waals surface area contributed by atoms with Crippen molar-refractivity contribution >= 4 is 5.78 Å². The molecule has 100 valence electrons. The molecule has 4 nitrogen and oxygen atoms in total. The second-order valence-corrected chi connectivity index (χ2v) is 5.03. The molecule has 0 bridgehead atoms. The fourth-order valence-electron chi connectivity index (χ4n) is 2.38. The second-order valence-electron chi connectivity index (χ2n) is 5.03. The number of rotatable bonds is 5. The molecule has 2 heterocycles. The van der Waals surface area contributed by atoms with Gasteiger partial charge in [0.05, 0.1) is 12.6 Å². The zero-order valence-electron chi connectivity index (χ0n) is 11.5. The molecule has 0 radical (unpaired) electrons. The van der Waals surface area contributed by atoms with Crippen molar-refractivity contribution in [3.63, 3.8) is 0 Å². The minimum Gasteiger partial charge on any atom is -0.377 e. The maximum Gasteiger partial charge on any atom is 0.178 e. The van der Waals surface area contributed by atoms with Crippen LogP contribution in [0.2, 0.25) is 0 Å². The average Bonchev–Trinajstić information content (AvgIpc) is 2.94. The van der Waals surface area contributed by atoms with E-state index in [0.717, 1.165) is 42.9 Å². The van der Waals surface area contributed by atoms with E-state index >= 15 is 0 Å². The van der Waals surface area contributed by atoms with Gasteiger partial charge in [-0.15, -0.1) is 0 Å². The van der Waals surface area contributed by atoms with Gasteiger partial charge in [0.15, 0.2) is 5.78 Å². The summed E-state index contributed by atoms with van der Waals surface area (Å²) in [5.74, 6) is 0.161. The zero-order chi connectivity index (χ0) is 13.1. The molecular formula is C14H22N2O2. The van der Waals surface area contributed by atoms with Gasteiger partial charge in [-0.25, -0.2) is 0 Å². The predicted octanol–water partition coefficient (Wildman–Crippen LogP) is 1.59. The van der Waals surface area contributed by atoms with Crippen molar-refractivity contribution in [1.82, 2.24) is 9.88 Å². The Balaban J connectivity index is 1.85. The molecule has 0 spiro atoms. The van der Waals surface area contributed by atoms with Gasteiger partial charge < -0.3 is 14.6 Å². The highest BCUT2D eigenvalue weighted by atomic mass is 16.5. The number of ether oxygens (including phenoxy) is 1. The van der Waals surface area contributed by atoms with Gasteiger partial charge in [0.25, 0.3) is 0 Å². The number of carbonyl (C=O) groups excluding carboxylic acids is 1. The number of Topliss-reactive ketones (excluding diaryl/α,β-unsaturated/α-hetero) is 1. The van der Waals surface area contributed by atoms with Crippen molar-refractivity contribution in [3.8, 4) is 0 Å². The van der Waals surface area contributed by atoms with Crippen molar-refractivity contribution < 1.29 is 9.53 Å². The number of carbonyl (C=O) groups is 1. The Kier molecular flexibility index (Phi) is 4.19. The monoisotopic (exact) mass is 250 g/mol. The highest BCUT2D eigenvalue weighted by Gasteiger charge is 2.17. The summed E-state index contributed by atoms with van der Waals surface area (Å²) < 4.78 is 7.56. The number of aromatic nitrogens is 1. The van der Waals surface area contributed by atoms with Crippen molar-refractivity contribution in [2.24, 2.45) is 7.05 Å². The first-order chi connectivity index (χ1) is 8.59. The van der Waals surface area contributed by atoms with Crippen LogP contribution in [0.1, 0.15) is 34.6 Å². The lowest BCUT2D eigenvalue weighted by molar-refractivity contribution is 0.0955. The van der Waals surface area contributed by atoms with E-state index in [4.69, 9.17) is 4.74 Å². The Hall–Kier alpha value is -1.13. The highest BCUT2D eigenvalue weighted by molar-refractivity contribution is 5.99. The first-order valence-electron chi connectivity index (χ1n) is 6.58. The van der Waals surface area contributed by atoms with E-state index in [1.807, 2.05) is 31.5 Å². The molecule has 0 amide bonds. The topological polar surface area (TPSA) is 43.3 Å². The van der Waals surface area contributed by atoms with Gasteiger partial charge in [0.1, 0.15) is 0 Å². The molecule has 1 fully saturated rings. The summed E-state index contributed by atoms with van der Waals surface area (Å²) in [6.45, 7) is 6.03. The molecule has 1 saturated heterocycles. The molecular weight excluding hydrogens is 228 g/mol. The lowest BCUT2D eigenvalue weighted by atomic mass is 10.1. The number of aryl methyl sites for hydroxylation is 1. The van der Waals surface area contributed by atoms with E-state index in [-0.39, 0.29) is 11.9 Å². The van der Waals surface area contributed by atoms with Gasteiger partial charge in [0, 0.05) is 37.2 Å². The normalized spacial score (nSPS) is 19.4. The minimum absolute atomic E-state index is 0.161. The molecule has 1 atom stereocenters. The molecule has 1 N–H and O–H groups in total. The molecule has 1 aliphatic heterocycles. The largest absolute Gasteiger partial charge is 0.377 e. The number of nitrogens with zero attached hydrogens (tertiary/aromatic N) is 1. The van der Waals surface area contributed by atoms with E-state index in [2.05, 4.69) is 5.32 Å². The number of hydrogen-bond acceptors (Lipinski definition) is 3. The van der Waals surface area contributed by atoms with E-state index in [0.29, 0.717) is 6.54 Å². The van der Waals surface area contributed by atoms with Gasteiger partial charge in [-0.3, -0.25) is 4.79 Å². The Bertz CT molecular complexity index is 431. The van der Waals surface area contributed by atoms with Crippen LogP contribution < -0.4 is 5.32 Å². The summed E-state index contributed by atoms with van der Waals surface area (Å²) in [7, 11) is 1.99. The fraction of sp³-hybridized carbons (Fsp3) is 0.643. The third-order valence-corrected chi connectivity index (χ3v) is 3.76. The summed E-state index contributed by atoms with van der Waals surface area (Å²) in [5.41, 5.74) is 2.99. The predicted molar refractivity (Wildman–Crippen MR) is 71.1 cm³/mol. The van der Waals surface area contributed by atoms with E-state index < -0.39 is 0 Å². The number of hydrogen-bond donors (Lipinski definition) is 1. The van der Waals surface area contributed by atoms with Crippen LogP contribution in [0.15, 0.2) is 6.07 Å². The second kappa shape index (κ2) is 5.67. The van der Waals surface area contributed by atoms with Gasteiger partial charge >= 0.3 is 0 Å². The van der Waals surface area contributed by atoms with Gasteiger partial charge in [-0.2, -0.15) is 0 Å². The van der Waals surface area contributed by atoms with Crippen LogP contribution in [0.25, 0.3) is 0 Å². The van der Waals surface area contributed by atoms with Crippen LogP contribution in [0.3, 0.4) is 0 Å². The number of nitrogens with one attached hydrogen (secondary N) is 1. The van der Waals surface area contributed by atoms with E-state index in [1.165, 1.54) is 0 Å². The van der Waals surface area contributed by atoms with Crippen molar-refractivity contribution in [2.75, 3.05) is 19.7 Å². The molecule has 2 rings (SSSR count). The van der Waals surface area contributed by atoms with Crippen LogP contribution >= 0.6 is 0 Å². The van der Waals surface area contributed by atoms with Crippen LogP contribution in [-0.2, 0) is 11.8 Å². The molecule has 0 aliphatic carbocycles. The van der Waals surface area contributed by atoms with Gasteiger partial charge in [-0.1, -0.05) is 0 Å². The molecule has 0 aromatic carbocycles. The van der Waals surface area contributed by atoms with Crippen LogP contribution in [0.5, 0.6) is 0 Å². The van der Waals surface area contributed by atoms with Crippen molar-refractivity contribution in [2.45, 2.75) is 32.8 Å². The average molecular weight is 250 g/mol. The third kappa shape index (κ3) is 2.82. The summed E-state index contributed by atoms with van der Waals surface area (Å²) in [4.78, 5) is 12.1. The van der Waals surface area contributed by atoms with Crippen LogP contribution in [0, 0.1) is 13.8 Å². The van der Waals surface area contributed by atoms with E-state index in [9.17, 15) is 4.79 Å². The highest BCUT2D eigenvalue weighted by Crippen LogP contribution is 2.14. The zero-order valence-corrected chi connectivity index (χ0v) is 11.5. The molecule has 1 aromatic heterocycles. The maximum absolute atomic E-state index is 12.1. The number of ketones is 1. The van der Waals surface area contributed by atoms with Crippen molar-refractivity contribution in [3.05, 3.63) is 23.0 Å². The lowest BCUT2D eigenvalue weighted by Gasteiger charge is -2.10. The molecule has 0 saturated carbocycles. The Morgan fingerprint density at radius 3 is 2.89 bits per heavy atom. The molecule has 1 unspecified atom stereocenters. The van der Waals surface area contributed by atoms with Crippen LogP contribution in [-0.4, -0.2) is 36.2 Å². The quantitative estimate of drug-likeness (QED) is 0.807. The van der Waals surface area contributed by atoms with E-state index in [1.54, 1.807) is 0 Å². The van der Waals surface area contributed by atoms with Gasteiger partial charge in [-0.05, 0) is 32.8 Å². The smallest absolute Gasteiger partial charge is 0.178 e. The molecule has 1 aliphatic rings. The summed E-state index contributed by atoms with van der Waals surface area (Å²) in [6, 6.07) is 1.96. The first kappa shape index (κ1) is 13.3. The Labute approximate surface area is 108 Å². The maximum atomic E-state index is 12.1. The first-order valence-corrected chi connectivity index (χ1v) is 6.58. The fourth-order valence-corrected chi connectivity index (χ4v) is 2.38.